The number of hydrogen-bond donors (Lipinski definition) is 1. The molecule has 2 rings (SSSR count). The Morgan fingerprint density at radius 3 is 2.87 bits per heavy atom. The molecule has 1 aliphatic rings. The van der Waals surface area contributed by atoms with Crippen molar-refractivity contribution in [3.05, 3.63) is 28.2 Å². The van der Waals surface area contributed by atoms with E-state index in [9.17, 15) is 0 Å². The van der Waals surface area contributed by atoms with Crippen LogP contribution in [0.25, 0.3) is 0 Å². The third kappa shape index (κ3) is 2.81. The molecule has 0 saturated carbocycles. The van der Waals surface area contributed by atoms with Crippen molar-refractivity contribution in [3.63, 3.8) is 0 Å². The Hall–Kier alpha value is -0.830. The summed E-state index contributed by atoms with van der Waals surface area (Å²) in [6.45, 7) is 3.08. The van der Waals surface area contributed by atoms with E-state index in [-0.39, 0.29) is 0 Å². The highest BCUT2D eigenvalue weighted by Gasteiger charge is 2.06. The third-order valence-corrected chi connectivity index (χ3v) is 3.09. The van der Waals surface area contributed by atoms with Crippen LogP contribution in [0.1, 0.15) is 24.8 Å². The quantitative estimate of drug-likeness (QED) is 0.823. The molecule has 0 unspecified atom stereocenters. The van der Waals surface area contributed by atoms with Crippen molar-refractivity contribution in [2.24, 2.45) is 4.99 Å². The molecule has 1 heterocycles. The predicted octanol–water partition coefficient (Wildman–Crippen LogP) is 3.75. The molecule has 0 radical (unpaired) electrons. The summed E-state index contributed by atoms with van der Waals surface area (Å²) in [4.78, 5) is 4.48. The fourth-order valence-corrected chi connectivity index (χ4v) is 2.20. The highest BCUT2D eigenvalue weighted by atomic mass is 79.9. The summed E-state index contributed by atoms with van der Waals surface area (Å²) in [5.74, 6) is 1.13. The first kappa shape index (κ1) is 10.7. The van der Waals surface area contributed by atoms with Crippen molar-refractivity contribution in [3.8, 4) is 0 Å². The summed E-state index contributed by atoms with van der Waals surface area (Å²) in [7, 11) is 0. The lowest BCUT2D eigenvalue weighted by Crippen LogP contribution is -2.16. The van der Waals surface area contributed by atoms with E-state index in [2.05, 4.69) is 51.4 Å². The SMILES string of the molecule is Cc1cc(Br)ccc1NC1=NCCCC1. The molecular formula is C12H15BrN2. The number of amidine groups is 1. The second-order valence-electron chi connectivity index (χ2n) is 3.87. The molecule has 0 bridgehead atoms. The van der Waals surface area contributed by atoms with E-state index in [0.29, 0.717) is 0 Å². The predicted molar refractivity (Wildman–Crippen MR) is 68.7 cm³/mol. The Morgan fingerprint density at radius 1 is 1.33 bits per heavy atom. The van der Waals surface area contributed by atoms with Gasteiger partial charge in [0.1, 0.15) is 5.84 Å². The number of aryl methyl sites for hydroxylation is 1. The van der Waals surface area contributed by atoms with Gasteiger partial charge in [-0.25, -0.2) is 0 Å². The number of nitrogens with zero attached hydrogens (tertiary/aromatic N) is 1. The summed E-state index contributed by atoms with van der Waals surface area (Å²) >= 11 is 3.46. The lowest BCUT2D eigenvalue weighted by atomic mass is 10.1. The molecule has 0 fully saturated rings. The normalized spacial score (nSPS) is 16.0. The van der Waals surface area contributed by atoms with E-state index < -0.39 is 0 Å². The van der Waals surface area contributed by atoms with Gasteiger partial charge in [-0.2, -0.15) is 0 Å². The van der Waals surface area contributed by atoms with E-state index >= 15 is 0 Å². The van der Waals surface area contributed by atoms with Gasteiger partial charge in [0.05, 0.1) is 0 Å². The maximum absolute atomic E-state index is 4.48. The fraction of sp³-hybridized carbons (Fsp3) is 0.417. The van der Waals surface area contributed by atoms with Gasteiger partial charge in [0.25, 0.3) is 0 Å². The Morgan fingerprint density at radius 2 is 2.20 bits per heavy atom. The summed E-state index contributed by atoms with van der Waals surface area (Å²) in [6.07, 6.45) is 3.56. The molecule has 0 atom stereocenters. The van der Waals surface area contributed by atoms with Crippen LogP contribution in [0.15, 0.2) is 27.7 Å². The van der Waals surface area contributed by atoms with Crippen molar-refractivity contribution in [2.75, 3.05) is 11.9 Å². The monoisotopic (exact) mass is 266 g/mol. The number of anilines is 1. The fourth-order valence-electron chi connectivity index (χ4n) is 1.72. The molecule has 2 nitrogen and oxygen atoms in total. The van der Waals surface area contributed by atoms with Crippen LogP contribution in [0.4, 0.5) is 5.69 Å². The lowest BCUT2D eigenvalue weighted by Gasteiger charge is -2.15. The number of hydrogen-bond acceptors (Lipinski definition) is 2. The zero-order valence-electron chi connectivity index (χ0n) is 8.89. The zero-order valence-corrected chi connectivity index (χ0v) is 10.5. The maximum atomic E-state index is 4.48. The van der Waals surface area contributed by atoms with Gasteiger partial charge in [0, 0.05) is 23.1 Å². The van der Waals surface area contributed by atoms with Gasteiger partial charge in [-0.1, -0.05) is 15.9 Å². The molecular weight excluding hydrogens is 252 g/mol. The van der Waals surface area contributed by atoms with Gasteiger partial charge in [0.15, 0.2) is 0 Å². The number of aliphatic imine (C=N–C) groups is 1. The second-order valence-corrected chi connectivity index (χ2v) is 4.79. The van der Waals surface area contributed by atoms with Crippen LogP contribution >= 0.6 is 15.9 Å². The number of nitrogens with one attached hydrogen (secondary N) is 1. The maximum Gasteiger partial charge on any atom is 0.101 e. The molecule has 1 aromatic carbocycles. The first-order valence-electron chi connectivity index (χ1n) is 5.32. The molecule has 1 aliphatic heterocycles. The number of rotatable bonds is 1. The average molecular weight is 267 g/mol. The van der Waals surface area contributed by atoms with Crippen LogP contribution in [-0.2, 0) is 0 Å². The Bertz CT molecular complexity index is 385. The number of benzene rings is 1. The van der Waals surface area contributed by atoms with Crippen LogP contribution in [0, 0.1) is 6.92 Å². The molecule has 1 N–H and O–H groups in total. The van der Waals surface area contributed by atoms with Crippen molar-refractivity contribution < 1.29 is 0 Å². The van der Waals surface area contributed by atoms with E-state index in [1.54, 1.807) is 0 Å². The minimum atomic E-state index is 0.970. The van der Waals surface area contributed by atoms with Crippen LogP contribution in [0.5, 0.6) is 0 Å². The highest BCUT2D eigenvalue weighted by molar-refractivity contribution is 9.10. The molecule has 15 heavy (non-hydrogen) atoms. The Labute approximate surface area is 98.9 Å². The summed E-state index contributed by atoms with van der Waals surface area (Å²) < 4.78 is 1.12. The minimum absolute atomic E-state index is 0.970. The van der Waals surface area contributed by atoms with Crippen LogP contribution in [-0.4, -0.2) is 12.4 Å². The summed E-state index contributed by atoms with van der Waals surface area (Å²) in [5.41, 5.74) is 2.41. The smallest absolute Gasteiger partial charge is 0.101 e. The Kier molecular flexibility index (Phi) is 3.41. The molecule has 1 aromatic rings. The summed E-state index contributed by atoms with van der Waals surface area (Å²) in [5, 5.41) is 3.41. The van der Waals surface area contributed by atoms with Gasteiger partial charge in [-0.15, -0.1) is 0 Å². The molecule has 0 aromatic heterocycles. The largest absolute Gasteiger partial charge is 0.344 e. The van der Waals surface area contributed by atoms with Gasteiger partial charge >= 0.3 is 0 Å². The van der Waals surface area contributed by atoms with Gasteiger partial charge in [-0.3, -0.25) is 4.99 Å². The van der Waals surface area contributed by atoms with E-state index in [0.717, 1.165) is 23.3 Å². The molecule has 0 saturated heterocycles. The van der Waals surface area contributed by atoms with E-state index in [1.165, 1.54) is 24.1 Å². The van der Waals surface area contributed by atoms with Crippen molar-refractivity contribution >= 4 is 27.5 Å². The van der Waals surface area contributed by atoms with Gasteiger partial charge in [0.2, 0.25) is 0 Å². The standard InChI is InChI=1S/C12H15BrN2/c1-9-8-10(13)5-6-11(9)15-12-4-2-3-7-14-12/h5-6,8H,2-4,7H2,1H3,(H,14,15). The first-order chi connectivity index (χ1) is 7.25. The van der Waals surface area contributed by atoms with Crippen molar-refractivity contribution in [1.29, 1.82) is 0 Å². The molecule has 0 spiro atoms. The number of halogens is 1. The molecule has 80 valence electrons. The lowest BCUT2D eigenvalue weighted by molar-refractivity contribution is 0.737. The van der Waals surface area contributed by atoms with Crippen molar-refractivity contribution in [2.45, 2.75) is 26.2 Å². The average Bonchev–Trinajstić information content (AvgIpc) is 2.24. The topological polar surface area (TPSA) is 24.4 Å². The molecule has 0 amide bonds. The van der Waals surface area contributed by atoms with Crippen molar-refractivity contribution in [1.82, 2.24) is 0 Å². The Balaban J connectivity index is 2.13. The van der Waals surface area contributed by atoms with E-state index in [4.69, 9.17) is 0 Å². The molecule has 3 heteroatoms. The van der Waals surface area contributed by atoms with Crippen LogP contribution < -0.4 is 5.32 Å². The first-order valence-corrected chi connectivity index (χ1v) is 6.11. The van der Waals surface area contributed by atoms with Crippen LogP contribution in [0.2, 0.25) is 0 Å². The third-order valence-electron chi connectivity index (χ3n) is 2.59. The molecule has 0 aliphatic carbocycles. The van der Waals surface area contributed by atoms with Gasteiger partial charge in [-0.05, 0) is 43.5 Å². The van der Waals surface area contributed by atoms with Crippen LogP contribution in [0.3, 0.4) is 0 Å². The zero-order chi connectivity index (χ0) is 10.7. The highest BCUT2D eigenvalue weighted by Crippen LogP contribution is 2.21. The minimum Gasteiger partial charge on any atom is -0.344 e. The second kappa shape index (κ2) is 4.79. The van der Waals surface area contributed by atoms with Gasteiger partial charge < -0.3 is 5.32 Å². The van der Waals surface area contributed by atoms with E-state index in [1.807, 2.05) is 0 Å². The summed E-state index contributed by atoms with van der Waals surface area (Å²) in [6, 6.07) is 6.26.